The fourth-order valence-corrected chi connectivity index (χ4v) is 1.37. The van der Waals surface area contributed by atoms with Gasteiger partial charge in [0.2, 0.25) is 0 Å². The van der Waals surface area contributed by atoms with Crippen molar-refractivity contribution in [3.8, 4) is 0 Å². The Labute approximate surface area is 95.8 Å². The van der Waals surface area contributed by atoms with Gasteiger partial charge in [-0.05, 0) is 32.7 Å². The second-order valence-corrected chi connectivity index (χ2v) is 4.61. The molecule has 0 aliphatic heterocycles. The fraction of sp³-hybridized carbons (Fsp3) is 1.00. The highest BCUT2D eigenvalue weighted by atomic mass is 16.5. The first kappa shape index (κ1) is 14.9. The summed E-state index contributed by atoms with van der Waals surface area (Å²) in [6, 6.07) is 0.624. The molecule has 0 radical (unpaired) electrons. The van der Waals surface area contributed by atoms with E-state index >= 15 is 0 Å². The zero-order chi connectivity index (χ0) is 11.5. The van der Waals surface area contributed by atoms with Crippen molar-refractivity contribution in [1.29, 1.82) is 0 Å². The Morgan fingerprint density at radius 3 is 2.27 bits per heavy atom. The van der Waals surface area contributed by atoms with Crippen LogP contribution < -0.4 is 5.32 Å². The molecular weight excluding hydrogens is 186 g/mol. The van der Waals surface area contributed by atoms with Crippen LogP contribution in [0.5, 0.6) is 0 Å². The third-order valence-corrected chi connectivity index (χ3v) is 2.60. The molecule has 1 unspecified atom stereocenters. The summed E-state index contributed by atoms with van der Waals surface area (Å²) in [5.41, 5.74) is 0. The average molecular weight is 215 g/mol. The fourth-order valence-electron chi connectivity index (χ4n) is 1.37. The smallest absolute Gasteiger partial charge is 0.0544 e. The lowest BCUT2D eigenvalue weighted by Gasteiger charge is -2.10. The van der Waals surface area contributed by atoms with Crippen molar-refractivity contribution in [2.24, 2.45) is 0 Å². The van der Waals surface area contributed by atoms with Gasteiger partial charge in [-0.2, -0.15) is 0 Å². The zero-order valence-electron chi connectivity index (χ0n) is 11.0. The van der Waals surface area contributed by atoms with Gasteiger partial charge in [-0.1, -0.05) is 33.6 Å². The molecule has 0 bridgehead atoms. The topological polar surface area (TPSA) is 21.3 Å². The van der Waals surface area contributed by atoms with E-state index in [1.165, 1.54) is 25.7 Å². The molecule has 2 heteroatoms. The summed E-state index contributed by atoms with van der Waals surface area (Å²) in [5.74, 6) is 0. The number of nitrogens with one attached hydrogen (secondary N) is 1. The minimum absolute atomic E-state index is 0.438. The summed E-state index contributed by atoms with van der Waals surface area (Å²) in [5, 5.41) is 3.43. The molecule has 0 aliphatic rings. The Hall–Kier alpha value is -0.0800. The maximum absolute atomic E-state index is 5.62. The highest BCUT2D eigenvalue weighted by Crippen LogP contribution is 2.02. The predicted octanol–water partition coefficient (Wildman–Crippen LogP) is 3.36. The van der Waals surface area contributed by atoms with Gasteiger partial charge in [-0.25, -0.2) is 0 Å². The number of ether oxygens (including phenoxy) is 1. The largest absolute Gasteiger partial charge is 0.379 e. The van der Waals surface area contributed by atoms with E-state index in [1.807, 2.05) is 0 Å². The van der Waals surface area contributed by atoms with E-state index in [4.69, 9.17) is 4.74 Å². The lowest BCUT2D eigenvalue weighted by Crippen LogP contribution is -2.23. The van der Waals surface area contributed by atoms with Crippen molar-refractivity contribution in [2.75, 3.05) is 13.2 Å². The lowest BCUT2D eigenvalue weighted by atomic mass is 10.2. The van der Waals surface area contributed by atoms with Crippen molar-refractivity contribution in [1.82, 2.24) is 5.32 Å². The molecule has 0 heterocycles. The second-order valence-electron chi connectivity index (χ2n) is 4.61. The van der Waals surface area contributed by atoms with Gasteiger partial charge in [0.15, 0.2) is 0 Å². The molecule has 0 saturated carbocycles. The number of rotatable bonds is 10. The van der Waals surface area contributed by atoms with Crippen molar-refractivity contribution in [2.45, 2.75) is 71.9 Å². The molecule has 0 aromatic heterocycles. The van der Waals surface area contributed by atoms with Crippen LogP contribution in [0.15, 0.2) is 0 Å². The van der Waals surface area contributed by atoms with Gasteiger partial charge in [0.05, 0.1) is 6.10 Å². The Bertz CT molecular complexity index is 126. The molecule has 0 rings (SSSR count). The van der Waals surface area contributed by atoms with Crippen LogP contribution in [-0.4, -0.2) is 25.3 Å². The molecule has 1 atom stereocenters. The molecule has 0 spiro atoms. The molecule has 15 heavy (non-hydrogen) atoms. The van der Waals surface area contributed by atoms with E-state index in [1.54, 1.807) is 0 Å². The van der Waals surface area contributed by atoms with Crippen LogP contribution in [0, 0.1) is 0 Å². The summed E-state index contributed by atoms with van der Waals surface area (Å²) in [6.07, 6.45) is 6.69. The van der Waals surface area contributed by atoms with E-state index in [2.05, 4.69) is 33.0 Å². The first-order chi connectivity index (χ1) is 7.16. The van der Waals surface area contributed by atoms with E-state index in [-0.39, 0.29) is 0 Å². The molecule has 92 valence electrons. The zero-order valence-corrected chi connectivity index (χ0v) is 11.0. The highest BCUT2D eigenvalue weighted by Gasteiger charge is 1.97. The number of unbranched alkanes of at least 4 members (excludes halogenated alkanes) is 3. The van der Waals surface area contributed by atoms with Crippen LogP contribution in [0.1, 0.15) is 59.8 Å². The molecule has 0 aromatic carbocycles. The van der Waals surface area contributed by atoms with Gasteiger partial charge in [-0.3, -0.25) is 0 Å². The Morgan fingerprint density at radius 1 is 1.00 bits per heavy atom. The normalized spacial score (nSPS) is 13.4. The third kappa shape index (κ3) is 11.8. The minimum Gasteiger partial charge on any atom is -0.379 e. The first-order valence-electron chi connectivity index (χ1n) is 6.51. The maximum atomic E-state index is 5.62. The average Bonchev–Trinajstić information content (AvgIpc) is 2.21. The molecule has 0 fully saturated rings. The molecular formula is C13H29NO. The predicted molar refractivity (Wildman–Crippen MR) is 67.3 cm³/mol. The molecule has 2 nitrogen and oxygen atoms in total. The van der Waals surface area contributed by atoms with Gasteiger partial charge in [0.1, 0.15) is 0 Å². The summed E-state index contributed by atoms with van der Waals surface area (Å²) in [7, 11) is 0. The maximum Gasteiger partial charge on any atom is 0.0544 e. The van der Waals surface area contributed by atoms with Crippen LogP contribution in [0.2, 0.25) is 0 Å². The Kier molecular flexibility index (Phi) is 10.4. The van der Waals surface area contributed by atoms with Crippen LogP contribution in [0.4, 0.5) is 0 Å². The standard InChI is InChI=1S/C13H29NO/c1-5-13(4)15-11-9-7-6-8-10-14-12(2)3/h12-14H,5-11H2,1-4H3. The van der Waals surface area contributed by atoms with Crippen molar-refractivity contribution >= 4 is 0 Å². The van der Waals surface area contributed by atoms with E-state index in [9.17, 15) is 0 Å². The van der Waals surface area contributed by atoms with Crippen LogP contribution in [-0.2, 0) is 4.74 Å². The van der Waals surface area contributed by atoms with E-state index in [0.717, 1.165) is 19.6 Å². The van der Waals surface area contributed by atoms with Gasteiger partial charge in [0, 0.05) is 12.6 Å². The number of hydrogen-bond donors (Lipinski definition) is 1. The van der Waals surface area contributed by atoms with Crippen molar-refractivity contribution in [3.63, 3.8) is 0 Å². The monoisotopic (exact) mass is 215 g/mol. The van der Waals surface area contributed by atoms with Gasteiger partial charge < -0.3 is 10.1 Å². The van der Waals surface area contributed by atoms with Crippen LogP contribution in [0.3, 0.4) is 0 Å². The summed E-state index contributed by atoms with van der Waals surface area (Å²) < 4.78 is 5.62. The Balaban J connectivity index is 2.99. The third-order valence-electron chi connectivity index (χ3n) is 2.60. The van der Waals surface area contributed by atoms with Crippen LogP contribution in [0.25, 0.3) is 0 Å². The minimum atomic E-state index is 0.438. The van der Waals surface area contributed by atoms with Gasteiger partial charge in [-0.15, -0.1) is 0 Å². The lowest BCUT2D eigenvalue weighted by molar-refractivity contribution is 0.0608. The molecule has 0 aromatic rings. The molecule has 0 saturated heterocycles. The number of hydrogen-bond acceptors (Lipinski definition) is 2. The van der Waals surface area contributed by atoms with Crippen LogP contribution >= 0.6 is 0 Å². The summed E-state index contributed by atoms with van der Waals surface area (Å²) >= 11 is 0. The SMILES string of the molecule is CCC(C)OCCCCCCNC(C)C. The molecule has 0 amide bonds. The summed E-state index contributed by atoms with van der Waals surface area (Å²) in [6.45, 7) is 10.8. The molecule has 1 N–H and O–H groups in total. The quantitative estimate of drug-likeness (QED) is 0.564. The second kappa shape index (κ2) is 10.4. The van der Waals surface area contributed by atoms with Crippen molar-refractivity contribution < 1.29 is 4.74 Å². The summed E-state index contributed by atoms with van der Waals surface area (Å²) in [4.78, 5) is 0. The van der Waals surface area contributed by atoms with Gasteiger partial charge in [0.25, 0.3) is 0 Å². The van der Waals surface area contributed by atoms with E-state index in [0.29, 0.717) is 12.1 Å². The first-order valence-corrected chi connectivity index (χ1v) is 6.51. The highest BCUT2D eigenvalue weighted by molar-refractivity contribution is 4.53. The van der Waals surface area contributed by atoms with Crippen molar-refractivity contribution in [3.05, 3.63) is 0 Å². The van der Waals surface area contributed by atoms with E-state index < -0.39 is 0 Å². The molecule has 0 aliphatic carbocycles. The Morgan fingerprint density at radius 2 is 1.67 bits per heavy atom. The van der Waals surface area contributed by atoms with Gasteiger partial charge >= 0.3 is 0 Å².